The highest BCUT2D eigenvalue weighted by atomic mass is 19.4. The minimum atomic E-state index is -4.42. The molecule has 0 aliphatic carbocycles. The van der Waals surface area contributed by atoms with Crippen LogP contribution in [0.3, 0.4) is 0 Å². The molecule has 0 saturated heterocycles. The van der Waals surface area contributed by atoms with Crippen LogP contribution in [0.2, 0.25) is 0 Å². The highest BCUT2D eigenvalue weighted by Crippen LogP contribution is 2.31. The van der Waals surface area contributed by atoms with Gasteiger partial charge in [-0.05, 0) is 31.0 Å². The van der Waals surface area contributed by atoms with Crippen LogP contribution < -0.4 is 10.1 Å². The summed E-state index contributed by atoms with van der Waals surface area (Å²) in [7, 11) is 0. The zero-order chi connectivity index (χ0) is 15.3. The Morgan fingerprint density at radius 3 is 2.50 bits per heavy atom. The van der Waals surface area contributed by atoms with Gasteiger partial charge in [0.05, 0.1) is 5.56 Å². The Hall–Kier alpha value is -1.72. The number of nitrogens with one attached hydrogen (secondary N) is 1. The van der Waals surface area contributed by atoms with Gasteiger partial charge in [0.15, 0.2) is 6.61 Å². The summed E-state index contributed by atoms with van der Waals surface area (Å²) < 4.78 is 42.6. The summed E-state index contributed by atoms with van der Waals surface area (Å²) in [6.07, 6.45) is -4.42. The van der Waals surface area contributed by atoms with Gasteiger partial charge >= 0.3 is 6.18 Å². The molecule has 1 rings (SSSR count). The first-order valence-corrected chi connectivity index (χ1v) is 6.29. The molecule has 0 radical (unpaired) electrons. The Bertz CT molecular complexity index is 458. The molecule has 0 spiro atoms. The molecule has 3 nitrogen and oxygen atoms in total. The second-order valence-electron chi connectivity index (χ2n) is 4.91. The fraction of sp³-hybridized carbons (Fsp3) is 0.500. The van der Waals surface area contributed by atoms with Crippen molar-refractivity contribution in [3.63, 3.8) is 0 Å². The van der Waals surface area contributed by atoms with E-state index in [9.17, 15) is 18.0 Å². The lowest BCUT2D eigenvalue weighted by Crippen LogP contribution is -2.38. The molecule has 1 atom stereocenters. The highest BCUT2D eigenvalue weighted by Gasteiger charge is 2.30. The standard InChI is InChI=1S/C14H18F3NO2/c1-9(2)10(3)18-13(19)8-20-12-6-4-5-11(7-12)14(15,16)17/h4-7,9-10H,8H2,1-3H3,(H,18,19)/t10-/m1/s1. The van der Waals surface area contributed by atoms with E-state index < -0.39 is 11.7 Å². The molecule has 1 aromatic rings. The molecule has 0 unspecified atom stereocenters. The van der Waals surface area contributed by atoms with E-state index in [0.29, 0.717) is 0 Å². The van der Waals surface area contributed by atoms with Gasteiger partial charge in [-0.1, -0.05) is 19.9 Å². The molecular weight excluding hydrogens is 271 g/mol. The van der Waals surface area contributed by atoms with Crippen molar-refractivity contribution in [2.24, 2.45) is 5.92 Å². The third kappa shape index (κ3) is 5.11. The van der Waals surface area contributed by atoms with E-state index in [1.807, 2.05) is 20.8 Å². The zero-order valence-electron chi connectivity index (χ0n) is 11.6. The second kappa shape index (κ2) is 6.63. The average molecular weight is 289 g/mol. The molecule has 0 heterocycles. The summed E-state index contributed by atoms with van der Waals surface area (Å²) >= 11 is 0. The van der Waals surface area contributed by atoms with Gasteiger partial charge in [-0.2, -0.15) is 13.2 Å². The van der Waals surface area contributed by atoms with E-state index in [-0.39, 0.29) is 30.2 Å². The molecule has 6 heteroatoms. The van der Waals surface area contributed by atoms with Crippen LogP contribution in [0.4, 0.5) is 13.2 Å². The fourth-order valence-corrected chi connectivity index (χ4v) is 1.37. The summed E-state index contributed by atoms with van der Waals surface area (Å²) in [6.45, 7) is 5.46. The third-order valence-corrected chi connectivity index (χ3v) is 2.92. The molecular formula is C14H18F3NO2. The van der Waals surface area contributed by atoms with Crippen molar-refractivity contribution in [2.75, 3.05) is 6.61 Å². The molecule has 112 valence electrons. The van der Waals surface area contributed by atoms with Crippen LogP contribution in [0.25, 0.3) is 0 Å². The molecule has 1 amide bonds. The molecule has 0 aliphatic rings. The first kappa shape index (κ1) is 16.3. The number of alkyl halides is 3. The van der Waals surface area contributed by atoms with Gasteiger partial charge in [-0.25, -0.2) is 0 Å². The number of hydrogen-bond donors (Lipinski definition) is 1. The SMILES string of the molecule is CC(C)[C@@H](C)NC(=O)COc1cccc(C(F)(F)F)c1. The zero-order valence-corrected chi connectivity index (χ0v) is 11.6. The maximum absolute atomic E-state index is 12.5. The number of hydrogen-bond acceptors (Lipinski definition) is 2. The molecule has 1 N–H and O–H groups in total. The van der Waals surface area contributed by atoms with E-state index in [1.165, 1.54) is 12.1 Å². The summed E-state index contributed by atoms with van der Waals surface area (Å²) in [5.74, 6) is -0.0664. The first-order chi connectivity index (χ1) is 9.20. The predicted octanol–water partition coefficient (Wildman–Crippen LogP) is 3.24. The highest BCUT2D eigenvalue weighted by molar-refractivity contribution is 5.77. The van der Waals surface area contributed by atoms with Crippen molar-refractivity contribution in [1.29, 1.82) is 0 Å². The second-order valence-corrected chi connectivity index (χ2v) is 4.91. The fourth-order valence-electron chi connectivity index (χ4n) is 1.37. The lowest BCUT2D eigenvalue weighted by molar-refractivity contribution is -0.137. The van der Waals surface area contributed by atoms with Gasteiger partial charge in [-0.3, -0.25) is 4.79 Å². The molecule has 0 aromatic heterocycles. The maximum atomic E-state index is 12.5. The predicted molar refractivity (Wildman–Crippen MR) is 69.4 cm³/mol. The Balaban J connectivity index is 2.56. The lowest BCUT2D eigenvalue weighted by Gasteiger charge is -2.17. The maximum Gasteiger partial charge on any atom is 0.416 e. The third-order valence-electron chi connectivity index (χ3n) is 2.92. The van der Waals surface area contributed by atoms with Crippen molar-refractivity contribution < 1.29 is 22.7 Å². The minimum Gasteiger partial charge on any atom is -0.484 e. The number of ether oxygens (including phenoxy) is 1. The van der Waals surface area contributed by atoms with Crippen LogP contribution in [-0.2, 0) is 11.0 Å². The van der Waals surface area contributed by atoms with Crippen molar-refractivity contribution in [1.82, 2.24) is 5.32 Å². The Morgan fingerprint density at radius 1 is 1.30 bits per heavy atom. The summed E-state index contributed by atoms with van der Waals surface area (Å²) in [5, 5.41) is 2.71. The van der Waals surface area contributed by atoms with Gasteiger partial charge < -0.3 is 10.1 Å². The largest absolute Gasteiger partial charge is 0.484 e. The smallest absolute Gasteiger partial charge is 0.416 e. The van der Waals surface area contributed by atoms with Crippen LogP contribution in [0, 0.1) is 5.92 Å². The normalized spacial score (nSPS) is 13.2. The number of halogens is 3. The Kier molecular flexibility index (Phi) is 5.42. The minimum absolute atomic E-state index is 0.0205. The van der Waals surface area contributed by atoms with Crippen molar-refractivity contribution >= 4 is 5.91 Å². The number of carbonyl (C=O) groups is 1. The number of benzene rings is 1. The number of rotatable bonds is 5. The molecule has 0 saturated carbocycles. The van der Waals surface area contributed by atoms with Crippen molar-refractivity contribution in [2.45, 2.75) is 33.0 Å². The number of amides is 1. The van der Waals surface area contributed by atoms with Gasteiger partial charge in [0.2, 0.25) is 0 Å². The molecule has 0 bridgehead atoms. The van der Waals surface area contributed by atoms with Gasteiger partial charge in [0.25, 0.3) is 5.91 Å². The summed E-state index contributed by atoms with van der Waals surface area (Å²) in [4.78, 5) is 11.6. The van der Waals surface area contributed by atoms with Crippen molar-refractivity contribution in [3.05, 3.63) is 29.8 Å². The quantitative estimate of drug-likeness (QED) is 0.903. The monoisotopic (exact) mass is 289 g/mol. The van der Waals surface area contributed by atoms with E-state index >= 15 is 0 Å². The topological polar surface area (TPSA) is 38.3 Å². The van der Waals surface area contributed by atoms with E-state index in [0.717, 1.165) is 12.1 Å². The lowest BCUT2D eigenvalue weighted by atomic mass is 10.1. The Morgan fingerprint density at radius 2 is 1.95 bits per heavy atom. The van der Waals surface area contributed by atoms with Gasteiger partial charge in [0, 0.05) is 6.04 Å². The Labute approximate surface area is 116 Å². The summed E-state index contributed by atoms with van der Waals surface area (Å²) in [5.41, 5.74) is -0.800. The first-order valence-electron chi connectivity index (χ1n) is 6.29. The van der Waals surface area contributed by atoms with Crippen LogP contribution >= 0.6 is 0 Å². The van der Waals surface area contributed by atoms with Crippen LogP contribution in [0.15, 0.2) is 24.3 Å². The molecule has 0 aliphatic heterocycles. The van der Waals surface area contributed by atoms with Gasteiger partial charge in [-0.15, -0.1) is 0 Å². The van der Waals surface area contributed by atoms with Crippen LogP contribution in [0.1, 0.15) is 26.3 Å². The van der Waals surface area contributed by atoms with Gasteiger partial charge in [0.1, 0.15) is 5.75 Å². The van der Waals surface area contributed by atoms with E-state index in [2.05, 4.69) is 5.32 Å². The molecule has 20 heavy (non-hydrogen) atoms. The van der Waals surface area contributed by atoms with E-state index in [1.54, 1.807) is 0 Å². The van der Waals surface area contributed by atoms with Crippen LogP contribution in [0.5, 0.6) is 5.75 Å². The number of carbonyl (C=O) groups excluding carboxylic acids is 1. The molecule has 1 aromatic carbocycles. The van der Waals surface area contributed by atoms with Crippen LogP contribution in [-0.4, -0.2) is 18.6 Å². The average Bonchev–Trinajstić information content (AvgIpc) is 2.35. The summed E-state index contributed by atoms with van der Waals surface area (Å²) in [6, 6.07) is 4.43. The molecule has 0 fully saturated rings. The van der Waals surface area contributed by atoms with Crippen molar-refractivity contribution in [3.8, 4) is 5.75 Å². The van der Waals surface area contributed by atoms with E-state index in [4.69, 9.17) is 4.74 Å².